The number of benzene rings is 1. The van der Waals surface area contributed by atoms with Crippen molar-refractivity contribution in [1.82, 2.24) is 0 Å². The summed E-state index contributed by atoms with van der Waals surface area (Å²) in [5.41, 5.74) is 0.507. The van der Waals surface area contributed by atoms with Crippen molar-refractivity contribution in [3.05, 3.63) is 60.9 Å². The van der Waals surface area contributed by atoms with Crippen LogP contribution in [-0.4, -0.2) is 5.78 Å². The Labute approximate surface area is 145 Å². The van der Waals surface area contributed by atoms with Crippen molar-refractivity contribution in [2.45, 2.75) is 20.8 Å². The molecule has 1 rings (SSSR count). The van der Waals surface area contributed by atoms with Crippen molar-refractivity contribution >= 4 is 5.78 Å². The maximum atomic E-state index is 11.1. The molecule has 17 heavy (non-hydrogen) atoms. The molecule has 89 valence electrons. The van der Waals surface area contributed by atoms with Gasteiger partial charge in [-0.2, -0.15) is 20.8 Å². The molecule has 0 fully saturated rings. The van der Waals surface area contributed by atoms with Crippen LogP contribution >= 0.6 is 0 Å². The Balaban J connectivity index is -0.000000289. The molecule has 0 aliphatic rings. The Kier molecular flexibility index (Phi) is 16.8. The van der Waals surface area contributed by atoms with Crippen LogP contribution in [0.25, 0.3) is 0 Å². The SMILES string of the molecule is C[C-](C)C.[CH-]=C([CH2-])C(=O)c1[c-]cccc1.[W+2].[Y]. The van der Waals surface area contributed by atoms with Crippen LogP contribution in [0.15, 0.2) is 29.8 Å². The van der Waals surface area contributed by atoms with Gasteiger partial charge >= 0.3 is 21.1 Å². The molecular weight excluding hydrogens is 457 g/mol. The number of Topliss-reactive ketones (excluding diaryl/α,β-unsaturated/α-hetero) is 1. The van der Waals surface area contributed by atoms with Gasteiger partial charge in [0, 0.05) is 32.7 Å². The molecule has 0 unspecified atom stereocenters. The summed E-state index contributed by atoms with van der Waals surface area (Å²) in [6.45, 7) is 14.8. The Bertz CT molecular complexity index is 317. The molecule has 0 N–H and O–H groups in total. The molecule has 0 aliphatic carbocycles. The number of carbonyl (C=O) groups excluding carboxylic acids is 1. The van der Waals surface area contributed by atoms with Crippen LogP contribution in [0.3, 0.4) is 0 Å². The maximum Gasteiger partial charge on any atom is 2.00 e. The zero-order valence-electron chi connectivity index (χ0n) is 10.5. The first-order chi connectivity index (χ1) is 6.95. The molecule has 1 radical (unpaired) electrons. The Morgan fingerprint density at radius 2 is 1.82 bits per heavy atom. The Morgan fingerprint density at radius 1 is 1.35 bits per heavy atom. The molecule has 1 aromatic rings. The summed E-state index contributed by atoms with van der Waals surface area (Å²) in [4.78, 5) is 11.1. The van der Waals surface area contributed by atoms with E-state index >= 15 is 0 Å². The molecule has 3 heteroatoms. The van der Waals surface area contributed by atoms with Gasteiger partial charge < -0.3 is 17.3 Å². The number of carbonyl (C=O) groups is 1. The van der Waals surface area contributed by atoms with Crippen LogP contribution < -0.4 is 0 Å². The fourth-order valence-electron chi connectivity index (χ4n) is 0.708. The second kappa shape index (κ2) is 12.7. The number of rotatable bonds is 2. The second-order valence-corrected chi connectivity index (χ2v) is 3.63. The largest absolute Gasteiger partial charge is 2.00 e. The quantitative estimate of drug-likeness (QED) is 0.366. The summed E-state index contributed by atoms with van der Waals surface area (Å²) >= 11 is 0. The van der Waals surface area contributed by atoms with E-state index in [-0.39, 0.29) is 65.1 Å². The molecule has 0 aromatic heterocycles. The van der Waals surface area contributed by atoms with Crippen molar-refractivity contribution < 1.29 is 58.6 Å². The number of ketones is 1. The van der Waals surface area contributed by atoms with Crippen molar-refractivity contribution in [2.75, 3.05) is 0 Å². The van der Waals surface area contributed by atoms with E-state index in [0.717, 1.165) is 0 Å². The van der Waals surface area contributed by atoms with E-state index < -0.39 is 0 Å². The van der Waals surface area contributed by atoms with Crippen LogP contribution in [0.5, 0.6) is 0 Å². The van der Waals surface area contributed by atoms with Gasteiger partial charge in [0.1, 0.15) is 0 Å². The van der Waals surface area contributed by atoms with Crippen molar-refractivity contribution in [1.29, 1.82) is 0 Å². The van der Waals surface area contributed by atoms with Crippen LogP contribution in [0.2, 0.25) is 0 Å². The molecule has 1 aromatic carbocycles. The molecule has 0 heterocycles. The molecule has 0 saturated carbocycles. The average Bonchev–Trinajstić information content (AvgIpc) is 2.17. The topological polar surface area (TPSA) is 17.1 Å². The third-order valence-electron chi connectivity index (χ3n) is 1.25. The van der Waals surface area contributed by atoms with Gasteiger partial charge in [-0.25, -0.2) is 0 Å². The Hall–Kier alpha value is 0.292. The molecule has 0 spiro atoms. The van der Waals surface area contributed by atoms with Gasteiger partial charge in [0.2, 0.25) is 0 Å². The first-order valence-corrected chi connectivity index (χ1v) is 4.67. The minimum absolute atomic E-state index is 0. The first-order valence-electron chi connectivity index (χ1n) is 4.67. The zero-order chi connectivity index (χ0) is 11.8. The molecule has 0 aliphatic heterocycles. The number of allylic oxidation sites excluding steroid dienone is 1. The van der Waals surface area contributed by atoms with E-state index in [0.29, 0.717) is 5.56 Å². The van der Waals surface area contributed by atoms with E-state index in [4.69, 9.17) is 6.58 Å². The fourth-order valence-corrected chi connectivity index (χ4v) is 0.708. The summed E-state index contributed by atoms with van der Waals surface area (Å²) in [5.74, 6) is 1.16. The molecule has 0 amide bonds. The zero-order valence-corrected chi connectivity index (χ0v) is 16.3. The summed E-state index contributed by atoms with van der Waals surface area (Å²) in [7, 11) is 0. The van der Waals surface area contributed by atoms with Crippen molar-refractivity contribution in [3.8, 4) is 0 Å². The molecular formula is C14H16OWY-2. The van der Waals surface area contributed by atoms with Gasteiger partial charge in [0.15, 0.2) is 0 Å². The van der Waals surface area contributed by atoms with E-state index in [2.05, 4.69) is 33.8 Å². The van der Waals surface area contributed by atoms with Crippen molar-refractivity contribution in [2.24, 2.45) is 0 Å². The molecule has 0 saturated heterocycles. The van der Waals surface area contributed by atoms with Crippen LogP contribution in [0.4, 0.5) is 0 Å². The predicted molar refractivity (Wildman–Crippen MR) is 63.0 cm³/mol. The van der Waals surface area contributed by atoms with Gasteiger partial charge in [0.05, 0.1) is 5.78 Å². The first kappa shape index (κ1) is 22.5. The number of hydrogen-bond acceptors (Lipinski definition) is 1. The van der Waals surface area contributed by atoms with Gasteiger partial charge in [-0.05, 0) is 0 Å². The minimum Gasteiger partial charge on any atom is -0.374 e. The summed E-state index contributed by atoms with van der Waals surface area (Å²) < 4.78 is 0. The third-order valence-corrected chi connectivity index (χ3v) is 1.25. The molecule has 0 atom stereocenters. The van der Waals surface area contributed by atoms with E-state index in [1.54, 1.807) is 24.3 Å². The average molecular weight is 473 g/mol. The van der Waals surface area contributed by atoms with Crippen molar-refractivity contribution in [3.63, 3.8) is 0 Å². The van der Waals surface area contributed by atoms with Gasteiger partial charge in [0.25, 0.3) is 0 Å². The second-order valence-electron chi connectivity index (χ2n) is 3.63. The monoisotopic (exact) mass is 473 g/mol. The van der Waals surface area contributed by atoms with Crippen LogP contribution in [0, 0.1) is 25.5 Å². The van der Waals surface area contributed by atoms with Crippen LogP contribution in [0.1, 0.15) is 31.1 Å². The number of hydrogen-bond donors (Lipinski definition) is 0. The third kappa shape index (κ3) is 12.5. The predicted octanol–water partition coefficient (Wildman–Crippen LogP) is 3.48. The summed E-state index contributed by atoms with van der Waals surface area (Å²) in [6.07, 6.45) is 0. The van der Waals surface area contributed by atoms with Gasteiger partial charge in [-0.3, -0.25) is 12.5 Å². The standard InChI is InChI=1S/C10H7O.C4H9.W.Y/c1-8(2)10(11)9-6-4-3-5-7-9;1-4(2)3;;/h1,3-6H,2H2;1-3H3;;/q-3;-1;+2;. The Morgan fingerprint density at radius 3 is 2.12 bits per heavy atom. The van der Waals surface area contributed by atoms with Gasteiger partial charge in [-0.15, -0.1) is 35.9 Å². The fraction of sp³-hybridized carbons (Fsp3) is 0.214. The summed E-state index contributed by atoms with van der Waals surface area (Å²) in [5, 5.41) is 0. The van der Waals surface area contributed by atoms with Gasteiger partial charge in [-0.1, -0.05) is 0 Å². The normalized spacial score (nSPS) is 8.00. The maximum absolute atomic E-state index is 11.1. The molecule has 0 bridgehead atoms. The van der Waals surface area contributed by atoms with E-state index in [1.165, 1.54) is 5.92 Å². The van der Waals surface area contributed by atoms with Crippen LogP contribution in [-0.2, 0) is 53.8 Å². The van der Waals surface area contributed by atoms with E-state index in [9.17, 15) is 4.79 Å². The smallest absolute Gasteiger partial charge is 0.374 e. The minimum atomic E-state index is -0.259. The molecule has 1 nitrogen and oxygen atoms in total. The van der Waals surface area contributed by atoms with E-state index in [1.807, 2.05) is 0 Å². The summed E-state index contributed by atoms with van der Waals surface area (Å²) in [6, 6.07) is 9.62.